The summed E-state index contributed by atoms with van der Waals surface area (Å²) in [6, 6.07) is 0. The first-order valence-corrected chi connectivity index (χ1v) is 15.7. The fourth-order valence-corrected chi connectivity index (χ4v) is 12.8. The predicted octanol–water partition coefficient (Wildman–Crippen LogP) is 7.00. The Morgan fingerprint density at radius 3 is 2.40 bits per heavy atom. The van der Waals surface area contributed by atoms with Gasteiger partial charge < -0.3 is 5.11 Å². The van der Waals surface area contributed by atoms with Crippen molar-refractivity contribution in [3.8, 4) is 0 Å². The third-order valence-corrected chi connectivity index (χ3v) is 18.0. The van der Waals surface area contributed by atoms with E-state index in [1.807, 2.05) is 6.92 Å². The number of carbonyl (C=O) groups is 1. The zero-order valence-electron chi connectivity index (χ0n) is 20.8. The number of carbonyl (C=O) groups excluding carboxylic acids is 1. The van der Waals surface area contributed by atoms with E-state index in [-0.39, 0.29) is 22.9 Å². The predicted molar refractivity (Wildman–Crippen MR) is 128 cm³/mol. The summed E-state index contributed by atoms with van der Waals surface area (Å²) >= 11 is 0. The lowest BCUT2D eigenvalue weighted by Crippen LogP contribution is -2.58. The van der Waals surface area contributed by atoms with Gasteiger partial charge in [0.05, 0.1) is 14.2 Å². The van der Waals surface area contributed by atoms with Gasteiger partial charge in [0.25, 0.3) is 0 Å². The lowest BCUT2D eigenvalue weighted by atomic mass is 9.47. The van der Waals surface area contributed by atoms with Gasteiger partial charge in [-0.2, -0.15) is 0 Å². The highest BCUT2D eigenvalue weighted by atomic mass is 28.3. The molecule has 4 rings (SSSR count). The Balaban J connectivity index is 1.76. The van der Waals surface area contributed by atoms with E-state index in [4.69, 9.17) is 0 Å². The molecule has 30 heavy (non-hydrogen) atoms. The molecule has 0 bridgehead atoms. The smallest absolute Gasteiger partial charge is 0.133 e. The molecule has 3 heteroatoms. The zero-order chi connectivity index (χ0) is 22.3. The van der Waals surface area contributed by atoms with E-state index in [1.165, 1.54) is 25.7 Å². The van der Waals surface area contributed by atoms with E-state index >= 15 is 0 Å². The molecular formula is C27H46O2Si. The van der Waals surface area contributed by atoms with E-state index in [0.29, 0.717) is 22.3 Å². The summed E-state index contributed by atoms with van der Waals surface area (Å²) in [5.74, 6) is 2.87. The summed E-state index contributed by atoms with van der Waals surface area (Å²) in [5, 5.41) is 11.2. The van der Waals surface area contributed by atoms with Crippen molar-refractivity contribution in [1.29, 1.82) is 0 Å². The highest BCUT2D eigenvalue weighted by molar-refractivity contribution is 6.81. The highest BCUT2D eigenvalue weighted by Gasteiger charge is 2.63. The average Bonchev–Trinajstić information content (AvgIpc) is 2.98. The minimum Gasteiger partial charge on any atom is -0.393 e. The van der Waals surface area contributed by atoms with Gasteiger partial charge in [0.15, 0.2) is 0 Å². The van der Waals surface area contributed by atoms with Crippen LogP contribution in [0.5, 0.6) is 0 Å². The maximum absolute atomic E-state index is 12.5. The first-order valence-electron chi connectivity index (χ1n) is 12.6. The van der Waals surface area contributed by atoms with Crippen molar-refractivity contribution in [3.05, 3.63) is 11.6 Å². The Morgan fingerprint density at radius 1 is 1.13 bits per heavy atom. The molecule has 0 spiro atoms. The number of fused-ring (bicyclic) bond motifs is 5. The molecule has 1 N–H and O–H groups in total. The van der Waals surface area contributed by atoms with E-state index in [9.17, 15) is 9.90 Å². The van der Waals surface area contributed by atoms with Crippen LogP contribution < -0.4 is 0 Å². The first kappa shape index (κ1) is 22.8. The molecule has 0 aromatic rings. The van der Waals surface area contributed by atoms with Crippen molar-refractivity contribution in [1.82, 2.24) is 0 Å². The Hall–Kier alpha value is -0.413. The molecule has 3 saturated carbocycles. The number of Topliss-reactive ketones (excluding diaryl/α,β-unsaturated/α-hetero) is 1. The molecule has 4 aliphatic rings. The molecule has 2 unspecified atom stereocenters. The molecule has 3 fully saturated rings. The van der Waals surface area contributed by atoms with Crippen LogP contribution in [0.3, 0.4) is 0 Å². The molecule has 170 valence electrons. The minimum absolute atomic E-state index is 0.164. The fourth-order valence-electron chi connectivity index (χ4n) is 8.97. The minimum atomic E-state index is -1.64. The fraction of sp³-hybridized carbons (Fsp3) is 0.889. The number of hydrogen-bond donors (Lipinski definition) is 1. The molecule has 0 heterocycles. The van der Waals surface area contributed by atoms with Gasteiger partial charge in [-0.3, -0.25) is 4.79 Å². The van der Waals surface area contributed by atoms with Gasteiger partial charge >= 0.3 is 0 Å². The zero-order valence-corrected chi connectivity index (χ0v) is 21.8. The molecular weight excluding hydrogens is 384 g/mol. The summed E-state index contributed by atoms with van der Waals surface area (Å²) in [6.45, 7) is 19.4. The second kappa shape index (κ2) is 7.04. The van der Waals surface area contributed by atoms with Gasteiger partial charge in [0, 0.05) is 5.92 Å². The van der Waals surface area contributed by atoms with Crippen molar-refractivity contribution < 1.29 is 9.90 Å². The largest absolute Gasteiger partial charge is 0.393 e. The Labute approximate surface area is 186 Å². The average molecular weight is 431 g/mol. The molecule has 0 radical (unpaired) electrons. The molecule has 0 saturated heterocycles. The second-order valence-corrected chi connectivity index (χ2v) is 19.2. The van der Waals surface area contributed by atoms with Crippen LogP contribution in [0.1, 0.15) is 86.5 Å². The summed E-state index contributed by atoms with van der Waals surface area (Å²) in [5.41, 5.74) is 2.67. The maximum atomic E-state index is 12.5. The molecule has 8 atom stereocenters. The van der Waals surface area contributed by atoms with Crippen molar-refractivity contribution in [3.63, 3.8) is 0 Å². The molecule has 2 nitrogen and oxygen atoms in total. The molecule has 0 aromatic carbocycles. The number of hydrogen-bond acceptors (Lipinski definition) is 2. The summed E-state index contributed by atoms with van der Waals surface area (Å²) in [4.78, 5) is 12.5. The van der Waals surface area contributed by atoms with Gasteiger partial charge in [-0.05, 0) is 91.0 Å². The van der Waals surface area contributed by atoms with Crippen LogP contribution >= 0.6 is 0 Å². The van der Waals surface area contributed by atoms with Crippen LogP contribution in [-0.2, 0) is 4.79 Å². The number of aliphatic hydroxyl groups is 1. The SMILES string of the molecule is CC(=O)[C@H]1CC[C@H]2[C@@H]3CC=C4CC(O)CC([Si](C)(C)C(C)(C)C)[C@]4(C)[C@H]3CC[C@]12C. The molecule has 0 aliphatic heterocycles. The summed E-state index contributed by atoms with van der Waals surface area (Å²) in [7, 11) is -1.64. The van der Waals surface area contributed by atoms with Gasteiger partial charge in [-0.15, -0.1) is 0 Å². The van der Waals surface area contributed by atoms with Crippen LogP contribution in [0.15, 0.2) is 11.6 Å². The number of rotatable bonds is 2. The quantitative estimate of drug-likeness (QED) is 0.378. The number of ketones is 1. The normalized spacial score (nSPS) is 46.5. The Kier molecular flexibility index (Phi) is 5.34. The molecule has 0 amide bonds. The van der Waals surface area contributed by atoms with Crippen LogP contribution in [0.25, 0.3) is 0 Å². The van der Waals surface area contributed by atoms with Gasteiger partial charge in [0.2, 0.25) is 0 Å². The first-order chi connectivity index (χ1) is 13.7. The summed E-state index contributed by atoms with van der Waals surface area (Å²) in [6.07, 6.45) is 10.3. The van der Waals surface area contributed by atoms with Crippen molar-refractivity contribution in [2.75, 3.05) is 0 Å². The maximum Gasteiger partial charge on any atom is 0.133 e. The third-order valence-electron chi connectivity index (χ3n) is 11.5. The van der Waals surface area contributed by atoms with Crippen LogP contribution in [0, 0.1) is 34.5 Å². The van der Waals surface area contributed by atoms with E-state index in [0.717, 1.165) is 31.1 Å². The van der Waals surface area contributed by atoms with E-state index < -0.39 is 8.07 Å². The van der Waals surface area contributed by atoms with Crippen molar-refractivity contribution >= 4 is 13.9 Å². The highest BCUT2D eigenvalue weighted by Crippen LogP contribution is 2.70. The van der Waals surface area contributed by atoms with E-state index in [1.54, 1.807) is 5.57 Å². The molecule has 4 aliphatic carbocycles. The number of aliphatic hydroxyl groups excluding tert-OH is 1. The monoisotopic (exact) mass is 430 g/mol. The van der Waals surface area contributed by atoms with Crippen LogP contribution in [0.4, 0.5) is 0 Å². The molecule has 0 aromatic heterocycles. The van der Waals surface area contributed by atoms with Crippen LogP contribution in [0.2, 0.25) is 23.7 Å². The summed E-state index contributed by atoms with van der Waals surface area (Å²) < 4.78 is 0. The van der Waals surface area contributed by atoms with Gasteiger partial charge in [0.1, 0.15) is 5.78 Å². The topological polar surface area (TPSA) is 37.3 Å². The Morgan fingerprint density at radius 2 is 1.80 bits per heavy atom. The third kappa shape index (κ3) is 3.00. The lowest BCUT2D eigenvalue weighted by molar-refractivity contribution is -0.127. The van der Waals surface area contributed by atoms with Gasteiger partial charge in [-0.1, -0.05) is 59.4 Å². The van der Waals surface area contributed by atoms with Crippen molar-refractivity contribution in [2.24, 2.45) is 34.5 Å². The standard InChI is InChI=1S/C27H46O2Si/c1-17(28)21-11-12-22-20-10-9-18-15-19(29)16-24(30(7,8)25(2,3)4)27(18,6)23(20)13-14-26(21,22)5/h9,19-24,29H,10-16H2,1-8H3/t19?,20-,21+,22-,23-,24?,26+,27-/m0/s1. The van der Waals surface area contributed by atoms with Crippen molar-refractivity contribution in [2.45, 2.75) is 116 Å². The van der Waals surface area contributed by atoms with Crippen LogP contribution in [-0.4, -0.2) is 25.1 Å². The van der Waals surface area contributed by atoms with Gasteiger partial charge in [-0.25, -0.2) is 0 Å². The lowest BCUT2D eigenvalue weighted by Gasteiger charge is -2.64. The Bertz CT molecular complexity index is 746. The van der Waals surface area contributed by atoms with E-state index in [2.05, 4.69) is 53.8 Å². The second-order valence-electron chi connectivity index (χ2n) is 13.5. The number of allylic oxidation sites excluding steroid dienone is 1.